The Hall–Kier alpha value is -3.00. The summed E-state index contributed by atoms with van der Waals surface area (Å²) in [5.74, 6) is 0. The van der Waals surface area contributed by atoms with Crippen LogP contribution in [0.4, 0.5) is 11.4 Å². The lowest BCUT2D eigenvalue weighted by atomic mass is 9.93. The molecule has 0 aliphatic heterocycles. The molecule has 0 radical (unpaired) electrons. The van der Waals surface area contributed by atoms with Gasteiger partial charge in [-0.25, -0.2) is 0 Å². The zero-order chi connectivity index (χ0) is 18.0. The summed E-state index contributed by atoms with van der Waals surface area (Å²) >= 11 is 0. The highest BCUT2D eigenvalue weighted by molar-refractivity contribution is 5.81. The zero-order valence-electron chi connectivity index (χ0n) is 15.1. The van der Waals surface area contributed by atoms with Crippen LogP contribution in [0.15, 0.2) is 66.7 Å². The van der Waals surface area contributed by atoms with Crippen LogP contribution in [0, 0.1) is 6.92 Å². The van der Waals surface area contributed by atoms with Gasteiger partial charge in [-0.3, -0.25) is 0 Å². The van der Waals surface area contributed by atoms with E-state index in [9.17, 15) is 0 Å². The molecule has 0 atom stereocenters. The molecule has 0 fully saturated rings. The Kier molecular flexibility index (Phi) is 4.62. The number of hydrogen-bond donors (Lipinski definition) is 1. The third kappa shape index (κ3) is 3.58. The Morgan fingerprint density at radius 1 is 0.840 bits per heavy atom. The Balaban J connectivity index is 2.27. The number of aryl methyl sites for hydroxylation is 1. The van der Waals surface area contributed by atoms with Crippen LogP contribution in [-0.2, 0) is 0 Å². The summed E-state index contributed by atoms with van der Waals surface area (Å²) in [6.07, 6.45) is 0. The number of nitrogens with zero attached hydrogens (tertiary/aromatic N) is 1. The summed E-state index contributed by atoms with van der Waals surface area (Å²) in [6.45, 7) is 6.14. The number of hydrogen-bond acceptors (Lipinski definition) is 2. The van der Waals surface area contributed by atoms with Crippen LogP contribution < -0.4 is 21.1 Å². The molecule has 0 unspecified atom stereocenters. The first-order valence-corrected chi connectivity index (χ1v) is 8.39. The third-order valence-electron chi connectivity index (χ3n) is 4.41. The van der Waals surface area contributed by atoms with Gasteiger partial charge < -0.3 is 10.6 Å². The summed E-state index contributed by atoms with van der Waals surface area (Å²) in [6, 6.07) is 23.0. The number of rotatable bonds is 3. The normalized spacial score (nSPS) is 10.5. The van der Waals surface area contributed by atoms with Crippen LogP contribution in [0.2, 0.25) is 0 Å². The van der Waals surface area contributed by atoms with Gasteiger partial charge in [0.2, 0.25) is 0 Å². The van der Waals surface area contributed by atoms with Crippen LogP contribution in [0.25, 0.3) is 12.2 Å². The Morgan fingerprint density at radius 3 is 2.00 bits per heavy atom. The van der Waals surface area contributed by atoms with Crippen molar-refractivity contribution in [3.8, 4) is 0 Å². The monoisotopic (exact) mass is 328 g/mol. The lowest BCUT2D eigenvalue weighted by molar-refractivity contribution is 1.11. The van der Waals surface area contributed by atoms with Gasteiger partial charge in [0.1, 0.15) is 0 Å². The molecule has 0 spiro atoms. The second kappa shape index (κ2) is 6.86. The molecule has 2 heteroatoms. The SMILES string of the molecule is C=c1ccc(=C(c2ccc(N)cc2)c2ccc(N(C)C)c(C)c2)cc1. The molecule has 0 aliphatic rings. The van der Waals surface area contributed by atoms with E-state index in [-0.39, 0.29) is 0 Å². The molecule has 0 aromatic heterocycles. The summed E-state index contributed by atoms with van der Waals surface area (Å²) < 4.78 is 0. The van der Waals surface area contributed by atoms with Gasteiger partial charge in [0.05, 0.1) is 0 Å². The van der Waals surface area contributed by atoms with Crippen molar-refractivity contribution in [3.05, 3.63) is 93.9 Å². The molecule has 0 saturated carbocycles. The molecule has 126 valence electrons. The Morgan fingerprint density at radius 2 is 1.44 bits per heavy atom. The fourth-order valence-electron chi connectivity index (χ4n) is 3.13. The van der Waals surface area contributed by atoms with E-state index in [0.717, 1.165) is 16.5 Å². The topological polar surface area (TPSA) is 29.3 Å². The second-order valence-electron chi connectivity index (χ2n) is 6.59. The molecule has 3 aromatic carbocycles. The molecule has 2 nitrogen and oxygen atoms in total. The van der Waals surface area contributed by atoms with Crippen LogP contribution in [0.5, 0.6) is 0 Å². The van der Waals surface area contributed by atoms with Crippen molar-refractivity contribution in [1.29, 1.82) is 0 Å². The molecular formula is C23H24N2. The Labute approximate surface area is 149 Å². The van der Waals surface area contributed by atoms with E-state index in [1.807, 2.05) is 24.3 Å². The van der Waals surface area contributed by atoms with Crippen molar-refractivity contribution in [1.82, 2.24) is 0 Å². The molecule has 3 rings (SSSR count). The highest BCUT2D eigenvalue weighted by Gasteiger charge is 2.09. The van der Waals surface area contributed by atoms with Crippen LogP contribution in [0.3, 0.4) is 0 Å². The van der Waals surface area contributed by atoms with Gasteiger partial charge >= 0.3 is 0 Å². The average Bonchev–Trinajstić information content (AvgIpc) is 2.58. The minimum absolute atomic E-state index is 0.773. The van der Waals surface area contributed by atoms with Gasteiger partial charge in [-0.05, 0) is 63.9 Å². The number of nitrogens with two attached hydrogens (primary N) is 1. The third-order valence-corrected chi connectivity index (χ3v) is 4.41. The highest BCUT2D eigenvalue weighted by atomic mass is 15.1. The first-order chi connectivity index (χ1) is 12.0. The van der Waals surface area contributed by atoms with E-state index in [1.54, 1.807) is 0 Å². The van der Waals surface area contributed by atoms with Gasteiger partial charge in [-0.1, -0.05) is 49.0 Å². The smallest absolute Gasteiger partial charge is 0.0391 e. The van der Waals surface area contributed by atoms with Crippen molar-refractivity contribution in [2.75, 3.05) is 24.7 Å². The molecule has 0 heterocycles. The maximum atomic E-state index is 5.88. The van der Waals surface area contributed by atoms with Crippen LogP contribution in [0.1, 0.15) is 16.7 Å². The molecule has 0 saturated heterocycles. The quantitative estimate of drug-likeness (QED) is 0.748. The molecule has 0 bridgehead atoms. The molecule has 0 amide bonds. The minimum atomic E-state index is 0.773. The largest absolute Gasteiger partial charge is 0.399 e. The fourth-order valence-corrected chi connectivity index (χ4v) is 3.13. The lowest BCUT2D eigenvalue weighted by Gasteiger charge is -2.18. The van der Waals surface area contributed by atoms with E-state index in [2.05, 4.69) is 75.0 Å². The number of anilines is 2. The Bertz CT molecular complexity index is 976. The predicted octanol–water partition coefficient (Wildman–Crippen LogP) is 3.30. The van der Waals surface area contributed by atoms with Crippen LogP contribution in [-0.4, -0.2) is 14.1 Å². The van der Waals surface area contributed by atoms with Crippen LogP contribution >= 0.6 is 0 Å². The van der Waals surface area contributed by atoms with E-state index >= 15 is 0 Å². The first-order valence-electron chi connectivity index (χ1n) is 8.39. The number of benzene rings is 3. The first kappa shape index (κ1) is 16.8. The predicted molar refractivity (Wildman–Crippen MR) is 109 cm³/mol. The summed E-state index contributed by atoms with van der Waals surface area (Å²) in [7, 11) is 4.14. The van der Waals surface area contributed by atoms with E-state index in [1.165, 1.54) is 27.6 Å². The van der Waals surface area contributed by atoms with Gasteiger partial charge in [-0.2, -0.15) is 0 Å². The van der Waals surface area contributed by atoms with Crippen molar-refractivity contribution in [2.24, 2.45) is 0 Å². The lowest BCUT2D eigenvalue weighted by Crippen LogP contribution is -2.13. The zero-order valence-corrected chi connectivity index (χ0v) is 15.1. The molecule has 2 N–H and O–H groups in total. The van der Waals surface area contributed by atoms with Crippen molar-refractivity contribution >= 4 is 23.5 Å². The standard InChI is InChI=1S/C23H24N2/c1-16-5-7-18(8-6-16)23(19-9-12-21(24)13-10-19)20-11-14-22(25(3)4)17(2)15-20/h5-15H,1,24H2,2-4H3. The number of nitrogen functional groups attached to an aromatic ring is 1. The van der Waals surface area contributed by atoms with Gasteiger partial charge in [0.15, 0.2) is 0 Å². The second-order valence-corrected chi connectivity index (χ2v) is 6.59. The van der Waals surface area contributed by atoms with Gasteiger partial charge in [0, 0.05) is 25.5 Å². The average molecular weight is 328 g/mol. The molecule has 3 aromatic rings. The summed E-state index contributed by atoms with van der Waals surface area (Å²) in [5.41, 5.74) is 12.7. The van der Waals surface area contributed by atoms with Gasteiger partial charge in [-0.15, -0.1) is 0 Å². The van der Waals surface area contributed by atoms with Crippen molar-refractivity contribution in [2.45, 2.75) is 6.92 Å². The molecule has 0 aliphatic carbocycles. The molecule has 25 heavy (non-hydrogen) atoms. The van der Waals surface area contributed by atoms with E-state index in [4.69, 9.17) is 5.73 Å². The van der Waals surface area contributed by atoms with E-state index < -0.39 is 0 Å². The molecular weight excluding hydrogens is 304 g/mol. The highest BCUT2D eigenvalue weighted by Crippen LogP contribution is 2.26. The van der Waals surface area contributed by atoms with E-state index in [0.29, 0.717) is 0 Å². The maximum absolute atomic E-state index is 5.88. The maximum Gasteiger partial charge on any atom is 0.0391 e. The summed E-state index contributed by atoms with van der Waals surface area (Å²) in [4.78, 5) is 2.14. The fraction of sp³-hybridized carbons (Fsp3) is 0.130. The van der Waals surface area contributed by atoms with Gasteiger partial charge in [0.25, 0.3) is 0 Å². The van der Waals surface area contributed by atoms with Crippen molar-refractivity contribution in [3.63, 3.8) is 0 Å². The van der Waals surface area contributed by atoms with Crippen molar-refractivity contribution < 1.29 is 0 Å². The summed E-state index contributed by atoms with van der Waals surface area (Å²) in [5, 5.41) is 2.19. The minimum Gasteiger partial charge on any atom is -0.399 e.